The lowest BCUT2D eigenvalue weighted by Gasteiger charge is -2.40. The van der Waals surface area contributed by atoms with E-state index >= 15 is 0 Å². The molecule has 2 aliphatic carbocycles. The van der Waals surface area contributed by atoms with E-state index in [1.807, 2.05) is 0 Å². The van der Waals surface area contributed by atoms with Crippen LogP contribution in [-0.2, 0) is 10.8 Å². The van der Waals surface area contributed by atoms with Crippen molar-refractivity contribution in [2.45, 2.75) is 232 Å². The van der Waals surface area contributed by atoms with Crippen molar-refractivity contribution in [1.82, 2.24) is 0 Å². The zero-order valence-electron chi connectivity index (χ0n) is 55.0. The molecule has 0 saturated carbocycles. The molecule has 0 heterocycles. The smallest absolute Gasteiger partial charge is 0.0218 e. The molecule has 0 atom stereocenters. The van der Waals surface area contributed by atoms with E-state index in [0.29, 0.717) is 0 Å². The molecule has 0 fully saturated rings. The summed E-state index contributed by atoms with van der Waals surface area (Å²) in [6.07, 6.45) is 36.8. The summed E-state index contributed by atoms with van der Waals surface area (Å²) in [6, 6.07) is 67.7. The molecule has 0 N–H and O–H groups in total. The fourth-order valence-corrected chi connectivity index (χ4v) is 17.1. The fraction of sp³-hybridized carbons (Fsp3) is 0.409. The Balaban J connectivity index is 1.09. The van der Waals surface area contributed by atoms with Gasteiger partial charge in [-0.3, -0.25) is 0 Å². The van der Waals surface area contributed by atoms with Crippen LogP contribution < -0.4 is 0 Å². The summed E-state index contributed by atoms with van der Waals surface area (Å²) in [5.74, 6) is 0. The van der Waals surface area contributed by atoms with Gasteiger partial charge in [0.1, 0.15) is 0 Å². The molecule has 10 aromatic rings. The molecule has 2 aliphatic rings. The number of hydrogen-bond acceptors (Lipinski definition) is 0. The highest BCUT2D eigenvalue weighted by Gasteiger charge is 2.52. The maximum Gasteiger partial charge on any atom is 0.0218 e. The first kappa shape index (κ1) is 61.5. The average molecular weight is 1160 g/mol. The van der Waals surface area contributed by atoms with Gasteiger partial charge in [-0.05, 0) is 173 Å². The third-order valence-electron chi connectivity index (χ3n) is 21.5. The van der Waals surface area contributed by atoms with E-state index < -0.39 is 0 Å². The minimum absolute atomic E-state index is 0.00459. The number of hydrogen-bond donors (Lipinski definition) is 0. The number of rotatable bonds is 31. The average Bonchev–Trinajstić information content (AvgIpc) is 1.48. The topological polar surface area (TPSA) is 0 Å². The second kappa shape index (κ2) is 28.4. The van der Waals surface area contributed by atoms with Crippen LogP contribution in [-0.4, -0.2) is 0 Å². The van der Waals surface area contributed by atoms with Crippen LogP contribution in [0.1, 0.15) is 241 Å². The molecule has 0 heteroatoms. The van der Waals surface area contributed by atoms with Crippen LogP contribution in [0.25, 0.3) is 98.7 Å². The van der Waals surface area contributed by atoms with Gasteiger partial charge in [-0.1, -0.05) is 351 Å². The van der Waals surface area contributed by atoms with E-state index in [0.717, 1.165) is 0 Å². The quantitative estimate of drug-likeness (QED) is 0.0300. The Morgan fingerprint density at radius 1 is 0.250 bits per heavy atom. The van der Waals surface area contributed by atoms with Gasteiger partial charge in [0.05, 0.1) is 0 Å². The first-order valence-corrected chi connectivity index (χ1v) is 35.7. The predicted molar refractivity (Wildman–Crippen MR) is 387 cm³/mol. The maximum atomic E-state index is 2.78. The number of unbranched alkanes of at least 4 members (excludes halogenated alkanes) is 20. The molecule has 0 spiro atoms. The first-order valence-electron chi connectivity index (χ1n) is 35.7. The van der Waals surface area contributed by atoms with Crippen molar-refractivity contribution in [2.75, 3.05) is 0 Å². The molecule has 0 radical (unpaired) electrons. The summed E-state index contributed by atoms with van der Waals surface area (Å²) in [7, 11) is 0. The van der Waals surface area contributed by atoms with E-state index in [1.165, 1.54) is 279 Å². The van der Waals surface area contributed by atoms with Gasteiger partial charge in [0.15, 0.2) is 0 Å². The lowest BCUT2D eigenvalue weighted by Crippen LogP contribution is -2.33. The molecule has 88 heavy (non-hydrogen) atoms. The van der Waals surface area contributed by atoms with Gasteiger partial charge in [-0.25, -0.2) is 0 Å². The second-order valence-corrected chi connectivity index (χ2v) is 27.6. The Bertz CT molecular complexity index is 3990. The molecule has 0 aromatic heterocycles. The highest BCUT2D eigenvalue weighted by Crippen LogP contribution is 2.65. The largest absolute Gasteiger partial charge is 0.0654 e. The first-order chi connectivity index (χ1) is 43.3. The Labute approximate surface area is 531 Å². The Morgan fingerprint density at radius 3 is 1.09 bits per heavy atom. The minimum atomic E-state index is -0.0906. The summed E-state index contributed by atoms with van der Waals surface area (Å²) < 4.78 is 0. The molecule has 10 aromatic carbocycles. The number of aryl methyl sites for hydroxylation is 2. The maximum absolute atomic E-state index is 2.78. The zero-order chi connectivity index (χ0) is 60.5. The molecule has 0 nitrogen and oxygen atoms in total. The van der Waals surface area contributed by atoms with Crippen LogP contribution in [0.15, 0.2) is 170 Å². The molecule has 0 bridgehead atoms. The highest BCUT2D eigenvalue weighted by molar-refractivity contribution is 6.26. The van der Waals surface area contributed by atoms with Crippen molar-refractivity contribution in [1.29, 1.82) is 0 Å². The summed E-state index contributed by atoms with van der Waals surface area (Å²) in [4.78, 5) is 0. The zero-order valence-corrected chi connectivity index (χ0v) is 55.0. The van der Waals surface area contributed by atoms with Gasteiger partial charge in [0.25, 0.3) is 0 Å². The van der Waals surface area contributed by atoms with Gasteiger partial charge in [0, 0.05) is 10.8 Å². The second-order valence-electron chi connectivity index (χ2n) is 27.6. The van der Waals surface area contributed by atoms with Crippen molar-refractivity contribution in [3.05, 3.63) is 203 Å². The minimum Gasteiger partial charge on any atom is -0.0654 e. The van der Waals surface area contributed by atoms with E-state index in [1.54, 1.807) is 33.4 Å². The van der Waals surface area contributed by atoms with Crippen molar-refractivity contribution >= 4 is 43.1 Å². The van der Waals surface area contributed by atoms with Crippen molar-refractivity contribution < 1.29 is 0 Å². The van der Waals surface area contributed by atoms with Gasteiger partial charge < -0.3 is 0 Å². The molecule has 454 valence electrons. The van der Waals surface area contributed by atoms with Crippen LogP contribution in [0.5, 0.6) is 0 Å². The van der Waals surface area contributed by atoms with Crippen LogP contribution >= 0.6 is 0 Å². The van der Waals surface area contributed by atoms with Gasteiger partial charge in [-0.2, -0.15) is 0 Å². The summed E-state index contributed by atoms with van der Waals surface area (Å²) >= 11 is 0. The Kier molecular flexibility index (Phi) is 19.8. The van der Waals surface area contributed by atoms with Crippen LogP contribution in [0.4, 0.5) is 0 Å². The van der Waals surface area contributed by atoms with E-state index in [9.17, 15) is 0 Å². The van der Waals surface area contributed by atoms with Gasteiger partial charge >= 0.3 is 0 Å². The van der Waals surface area contributed by atoms with Crippen LogP contribution in [0, 0.1) is 13.8 Å². The lowest BCUT2D eigenvalue weighted by molar-refractivity contribution is 0.368. The monoisotopic (exact) mass is 1160 g/mol. The third kappa shape index (κ3) is 12.1. The summed E-state index contributed by atoms with van der Waals surface area (Å²) in [6.45, 7) is 14.1. The predicted octanol–water partition coefficient (Wildman–Crippen LogP) is 27.5. The van der Waals surface area contributed by atoms with E-state index in [4.69, 9.17) is 0 Å². The van der Waals surface area contributed by atoms with Crippen molar-refractivity contribution in [3.8, 4) is 55.6 Å². The van der Waals surface area contributed by atoms with E-state index in [-0.39, 0.29) is 10.8 Å². The van der Waals surface area contributed by atoms with Crippen LogP contribution in [0.3, 0.4) is 0 Å². The highest BCUT2D eigenvalue weighted by atomic mass is 14.5. The number of fused-ring (bicyclic) bond motifs is 11. The molecule has 0 amide bonds. The normalized spacial score (nSPS) is 13.7. The molecule has 0 saturated heterocycles. The molecule has 0 unspecified atom stereocenters. The number of benzene rings is 10. The third-order valence-corrected chi connectivity index (χ3v) is 21.5. The molecular formula is C88H102. The SMILES string of the molecule is CCCCCCCCC1(CCCCCCCC)c2cc(C)ccc2-c2ccc3c(c21)C(CCCCCCCC)(CCCCCCCC)c1cc(-c2ccc4c(-c5cccc6ccccc56)c5cc(C)ccc5c(-c5cccc6ccccc56)c4c2)ccc1-3. The summed E-state index contributed by atoms with van der Waals surface area (Å²) in [5, 5.41) is 10.4. The van der Waals surface area contributed by atoms with Crippen molar-refractivity contribution in [3.63, 3.8) is 0 Å². The van der Waals surface area contributed by atoms with Gasteiger partial charge in [0.2, 0.25) is 0 Å². The lowest BCUT2D eigenvalue weighted by atomic mass is 9.62. The van der Waals surface area contributed by atoms with E-state index in [2.05, 4.69) is 211 Å². The molecular weight excluding hydrogens is 1060 g/mol. The Hall–Kier alpha value is -6.76. The standard InChI is InChI=1S/C88H102/c1-7-11-15-19-23-31-55-87(56-32-24-20-16-12-8-2)81-60-64(6)45-49-71(81)77-53-54-78-72-51-47-68(62-82(72)88(86(78)85(77)87,57-33-25-21-17-13-9-3)58-34-26-22-18-14-10-4)67-48-52-76-80(61-67)84(74-44-36-40-66-38-28-30-42-70(66)74)75-50-46-63(5)59-79(75)83(76)73-43-35-39-65-37-27-29-41-69(65)73/h27-30,35-54,59-62H,7-26,31-34,55-58H2,1-6H3. The fourth-order valence-electron chi connectivity index (χ4n) is 17.1. The van der Waals surface area contributed by atoms with Crippen molar-refractivity contribution in [2.24, 2.45) is 0 Å². The summed E-state index contributed by atoms with van der Waals surface area (Å²) in [5.41, 5.74) is 23.5. The molecule has 12 rings (SSSR count). The van der Waals surface area contributed by atoms with Gasteiger partial charge in [-0.15, -0.1) is 0 Å². The van der Waals surface area contributed by atoms with Crippen LogP contribution in [0.2, 0.25) is 0 Å². The molecule has 0 aliphatic heterocycles. The Morgan fingerprint density at radius 2 is 0.602 bits per heavy atom.